The summed E-state index contributed by atoms with van der Waals surface area (Å²) in [7, 11) is 0. The lowest BCUT2D eigenvalue weighted by molar-refractivity contribution is -0.110. The highest BCUT2D eigenvalue weighted by Crippen LogP contribution is 2.22. The summed E-state index contributed by atoms with van der Waals surface area (Å²) in [5, 5.41) is 2.93. The molecular weight excluding hydrogens is 290 g/mol. The van der Waals surface area contributed by atoms with Crippen molar-refractivity contribution in [1.82, 2.24) is 15.2 Å². The molecule has 1 unspecified atom stereocenters. The quantitative estimate of drug-likeness (QED) is 0.828. The second kappa shape index (κ2) is 7.85. The van der Waals surface area contributed by atoms with Crippen molar-refractivity contribution in [2.45, 2.75) is 6.04 Å². The monoisotopic (exact) mass is 311 g/mol. The van der Waals surface area contributed by atoms with Crippen LogP contribution in [-0.4, -0.2) is 49.1 Å². The topological polar surface area (TPSA) is 54.5 Å². The Morgan fingerprint density at radius 2 is 1.96 bits per heavy atom. The number of morpholine rings is 1. The molecule has 3 rings (SSSR count). The van der Waals surface area contributed by atoms with Crippen LogP contribution in [-0.2, 0) is 9.53 Å². The van der Waals surface area contributed by atoms with Gasteiger partial charge < -0.3 is 10.1 Å². The zero-order valence-corrected chi connectivity index (χ0v) is 13.0. The molecule has 5 heteroatoms. The normalized spacial score (nSPS) is 16.7. The molecule has 1 fully saturated rings. The summed E-state index contributed by atoms with van der Waals surface area (Å²) < 4.78 is 5.37. The van der Waals surface area contributed by atoms with Gasteiger partial charge in [0.25, 0.3) is 0 Å². The van der Waals surface area contributed by atoms with Crippen LogP contribution < -0.4 is 5.32 Å². The van der Waals surface area contributed by atoms with Crippen molar-refractivity contribution in [3.05, 3.63) is 54.4 Å². The van der Waals surface area contributed by atoms with Crippen molar-refractivity contribution in [1.29, 1.82) is 0 Å². The lowest BCUT2D eigenvalue weighted by Gasteiger charge is -2.30. The Morgan fingerprint density at radius 3 is 2.61 bits per heavy atom. The third-order valence-electron chi connectivity index (χ3n) is 4.12. The van der Waals surface area contributed by atoms with Gasteiger partial charge in [-0.2, -0.15) is 0 Å². The van der Waals surface area contributed by atoms with E-state index in [0.29, 0.717) is 0 Å². The molecule has 0 spiro atoms. The number of benzene rings is 1. The highest BCUT2D eigenvalue weighted by molar-refractivity contribution is 5.62. The lowest BCUT2D eigenvalue weighted by Crippen LogP contribution is -2.41. The maximum atomic E-state index is 11.0. The van der Waals surface area contributed by atoms with E-state index in [2.05, 4.69) is 39.5 Å². The number of pyridine rings is 1. The molecule has 1 aliphatic heterocycles. The number of hydrogen-bond donors (Lipinski definition) is 1. The Balaban J connectivity index is 1.73. The molecule has 0 aliphatic carbocycles. The van der Waals surface area contributed by atoms with Crippen LogP contribution >= 0.6 is 0 Å². The highest BCUT2D eigenvalue weighted by atomic mass is 16.5. The highest BCUT2D eigenvalue weighted by Gasteiger charge is 2.17. The summed E-state index contributed by atoms with van der Waals surface area (Å²) in [4.78, 5) is 17.4. The fourth-order valence-corrected chi connectivity index (χ4v) is 2.82. The Morgan fingerprint density at radius 1 is 1.17 bits per heavy atom. The lowest BCUT2D eigenvalue weighted by atomic mass is 10.0. The van der Waals surface area contributed by atoms with E-state index in [0.717, 1.165) is 55.9 Å². The minimum atomic E-state index is -0.00597. The first-order chi connectivity index (χ1) is 11.4. The van der Waals surface area contributed by atoms with Crippen LogP contribution in [0.25, 0.3) is 11.1 Å². The van der Waals surface area contributed by atoms with E-state index in [4.69, 9.17) is 4.74 Å². The van der Waals surface area contributed by atoms with Crippen molar-refractivity contribution in [2.75, 3.05) is 32.8 Å². The van der Waals surface area contributed by atoms with Crippen LogP contribution in [0.2, 0.25) is 0 Å². The van der Waals surface area contributed by atoms with Crippen LogP contribution in [0.3, 0.4) is 0 Å². The van der Waals surface area contributed by atoms with E-state index in [1.54, 1.807) is 6.20 Å². The van der Waals surface area contributed by atoms with Crippen LogP contribution in [0, 0.1) is 0 Å². The Labute approximate surface area is 136 Å². The zero-order chi connectivity index (χ0) is 15.9. The third-order valence-corrected chi connectivity index (χ3v) is 4.12. The summed E-state index contributed by atoms with van der Waals surface area (Å²) in [6.45, 7) is 4.13. The summed E-state index contributed by atoms with van der Waals surface area (Å²) in [5.41, 5.74) is 3.32. The molecule has 120 valence electrons. The first kappa shape index (κ1) is 15.6. The van der Waals surface area contributed by atoms with Crippen LogP contribution in [0.5, 0.6) is 0 Å². The summed E-state index contributed by atoms with van der Waals surface area (Å²) in [6.07, 6.45) is 4.40. The third kappa shape index (κ3) is 4.15. The fourth-order valence-electron chi connectivity index (χ4n) is 2.82. The molecule has 1 aliphatic rings. The minimum absolute atomic E-state index is 0.00597. The van der Waals surface area contributed by atoms with E-state index in [9.17, 15) is 4.79 Å². The maximum absolute atomic E-state index is 11.0. The number of carbonyl (C=O) groups is 1. The molecular formula is C18H21N3O2. The van der Waals surface area contributed by atoms with Crippen LogP contribution in [0.15, 0.2) is 48.8 Å². The summed E-state index contributed by atoms with van der Waals surface area (Å²) >= 11 is 0. The molecule has 5 nitrogen and oxygen atoms in total. The van der Waals surface area contributed by atoms with Gasteiger partial charge in [-0.15, -0.1) is 0 Å². The molecule has 0 saturated carbocycles. The molecule has 1 atom stereocenters. The minimum Gasteiger partial charge on any atom is -0.379 e. The van der Waals surface area contributed by atoms with E-state index >= 15 is 0 Å². The molecule has 2 aromatic rings. The van der Waals surface area contributed by atoms with E-state index in [-0.39, 0.29) is 6.04 Å². The zero-order valence-electron chi connectivity index (χ0n) is 13.0. The molecule has 1 saturated heterocycles. The number of amides is 1. The van der Waals surface area contributed by atoms with E-state index < -0.39 is 0 Å². The summed E-state index contributed by atoms with van der Waals surface area (Å²) in [5.74, 6) is 0. The van der Waals surface area contributed by atoms with Gasteiger partial charge in [-0.25, -0.2) is 0 Å². The number of ether oxygens (including phenoxy) is 1. The van der Waals surface area contributed by atoms with Gasteiger partial charge in [-0.1, -0.05) is 30.3 Å². The van der Waals surface area contributed by atoms with Gasteiger partial charge >= 0.3 is 0 Å². The van der Waals surface area contributed by atoms with Gasteiger partial charge in [-0.05, 0) is 22.8 Å². The largest absolute Gasteiger partial charge is 0.379 e. The predicted octanol–water partition coefficient (Wildman–Crippen LogP) is 1.87. The Hall–Kier alpha value is -2.24. The first-order valence-corrected chi connectivity index (χ1v) is 7.87. The van der Waals surface area contributed by atoms with Gasteiger partial charge in [0, 0.05) is 32.0 Å². The van der Waals surface area contributed by atoms with Gasteiger partial charge in [-0.3, -0.25) is 14.7 Å². The Kier molecular flexibility index (Phi) is 5.34. The van der Waals surface area contributed by atoms with Crippen LogP contribution in [0.1, 0.15) is 11.6 Å². The Bertz CT molecular complexity index is 610. The van der Waals surface area contributed by atoms with Crippen molar-refractivity contribution in [3.8, 4) is 11.1 Å². The molecule has 1 N–H and O–H groups in total. The number of rotatable bonds is 6. The van der Waals surface area contributed by atoms with E-state index in [1.807, 2.05) is 18.3 Å². The molecule has 2 heterocycles. The average molecular weight is 311 g/mol. The maximum Gasteiger partial charge on any atom is 0.207 e. The number of nitrogens with one attached hydrogen (secondary N) is 1. The van der Waals surface area contributed by atoms with Gasteiger partial charge in [0.1, 0.15) is 0 Å². The van der Waals surface area contributed by atoms with Crippen LogP contribution in [0.4, 0.5) is 0 Å². The molecule has 0 radical (unpaired) electrons. The second-order valence-electron chi connectivity index (χ2n) is 5.61. The second-order valence-corrected chi connectivity index (χ2v) is 5.61. The van der Waals surface area contributed by atoms with E-state index in [1.165, 1.54) is 0 Å². The van der Waals surface area contributed by atoms with Gasteiger partial charge in [0.2, 0.25) is 6.41 Å². The molecule has 1 aromatic heterocycles. The molecule has 1 aromatic carbocycles. The standard InChI is InChI=1S/C18H21N3O2/c22-14-20-18(13-21-8-10-23-11-9-21)16-5-3-15(4-6-16)17-2-1-7-19-12-17/h1-7,12,14,18H,8-11,13H2,(H,20,22). The van der Waals surface area contributed by atoms with Crippen molar-refractivity contribution >= 4 is 6.41 Å². The van der Waals surface area contributed by atoms with Crippen molar-refractivity contribution < 1.29 is 9.53 Å². The predicted molar refractivity (Wildman–Crippen MR) is 88.9 cm³/mol. The SMILES string of the molecule is O=CNC(CN1CCOCC1)c1ccc(-c2cccnc2)cc1. The fraction of sp³-hybridized carbons (Fsp3) is 0.333. The number of aromatic nitrogens is 1. The van der Waals surface area contributed by atoms with Gasteiger partial charge in [0.05, 0.1) is 19.3 Å². The van der Waals surface area contributed by atoms with Crippen molar-refractivity contribution in [2.24, 2.45) is 0 Å². The molecule has 1 amide bonds. The smallest absolute Gasteiger partial charge is 0.207 e. The number of hydrogen-bond acceptors (Lipinski definition) is 4. The average Bonchev–Trinajstić information content (AvgIpc) is 2.63. The number of carbonyl (C=O) groups excluding carboxylic acids is 1. The first-order valence-electron chi connectivity index (χ1n) is 7.87. The number of nitrogens with zero attached hydrogens (tertiary/aromatic N) is 2. The van der Waals surface area contributed by atoms with Gasteiger partial charge in [0.15, 0.2) is 0 Å². The molecule has 23 heavy (non-hydrogen) atoms. The molecule has 0 bridgehead atoms. The summed E-state index contributed by atoms with van der Waals surface area (Å²) in [6, 6.07) is 12.3. The van der Waals surface area contributed by atoms with Crippen molar-refractivity contribution in [3.63, 3.8) is 0 Å².